The van der Waals surface area contributed by atoms with Crippen LogP contribution in [0.2, 0.25) is 0 Å². The summed E-state index contributed by atoms with van der Waals surface area (Å²) < 4.78 is 0. The molecule has 0 atom stereocenters. The summed E-state index contributed by atoms with van der Waals surface area (Å²) in [6.45, 7) is 3.13. The van der Waals surface area contributed by atoms with Crippen LogP contribution in [0.4, 0.5) is 5.69 Å². The molecule has 0 bridgehead atoms. The number of anilines is 1. The Bertz CT molecular complexity index is 515. The first-order valence-electron chi connectivity index (χ1n) is 9.39. The molecule has 0 amide bonds. The zero-order valence-corrected chi connectivity index (χ0v) is 15.2. The van der Waals surface area contributed by atoms with Gasteiger partial charge in [0.05, 0.1) is 0 Å². The van der Waals surface area contributed by atoms with Crippen molar-refractivity contribution in [1.29, 1.82) is 0 Å². The minimum atomic E-state index is 0.828. The Hall–Kier alpha value is -1.80. The van der Waals surface area contributed by atoms with E-state index in [-0.39, 0.29) is 0 Å². The van der Waals surface area contributed by atoms with Crippen molar-refractivity contribution in [2.75, 3.05) is 12.3 Å². The second-order valence-corrected chi connectivity index (χ2v) is 6.22. The molecule has 0 fully saturated rings. The predicted octanol–water partition coefficient (Wildman–Crippen LogP) is 6.02. The summed E-state index contributed by atoms with van der Waals surface area (Å²) in [5.74, 6) is 0. The summed E-state index contributed by atoms with van der Waals surface area (Å²) in [5.41, 5.74) is 14.3. The number of unbranched alkanes of at least 4 members (excludes halogenated alkanes) is 7. The molecule has 0 radical (unpaired) electrons. The quantitative estimate of drug-likeness (QED) is 0.437. The van der Waals surface area contributed by atoms with Gasteiger partial charge in [0.15, 0.2) is 0 Å². The van der Waals surface area contributed by atoms with Gasteiger partial charge in [0, 0.05) is 11.3 Å². The van der Waals surface area contributed by atoms with E-state index in [0.29, 0.717) is 0 Å². The van der Waals surface area contributed by atoms with E-state index < -0.39 is 0 Å². The van der Waals surface area contributed by atoms with Crippen molar-refractivity contribution in [3.8, 4) is 11.1 Å². The van der Waals surface area contributed by atoms with Crippen molar-refractivity contribution in [2.24, 2.45) is 5.73 Å². The van der Waals surface area contributed by atoms with E-state index in [1.807, 2.05) is 42.5 Å². The maximum Gasteiger partial charge on any atom is 0.0393 e. The Morgan fingerprint density at radius 1 is 0.667 bits per heavy atom. The highest BCUT2D eigenvalue weighted by Crippen LogP contribution is 2.24. The minimum Gasteiger partial charge on any atom is -0.398 e. The van der Waals surface area contributed by atoms with Crippen LogP contribution in [-0.2, 0) is 0 Å². The Balaban J connectivity index is 0.000000245. The van der Waals surface area contributed by atoms with Crippen LogP contribution >= 0.6 is 0 Å². The van der Waals surface area contributed by atoms with Gasteiger partial charge in [-0.25, -0.2) is 0 Å². The van der Waals surface area contributed by atoms with Gasteiger partial charge in [0.1, 0.15) is 0 Å². The predicted molar refractivity (Wildman–Crippen MR) is 108 cm³/mol. The molecule has 0 unspecified atom stereocenters. The molecule has 0 saturated carbocycles. The van der Waals surface area contributed by atoms with E-state index in [1.165, 1.54) is 56.9 Å². The minimum absolute atomic E-state index is 0.828. The normalized spacial score (nSPS) is 10.1. The number of nitrogens with two attached hydrogens (primary N) is 2. The summed E-state index contributed by atoms with van der Waals surface area (Å²) in [6, 6.07) is 18.1. The van der Waals surface area contributed by atoms with Crippen LogP contribution in [0, 0.1) is 0 Å². The van der Waals surface area contributed by atoms with Gasteiger partial charge in [-0.15, -0.1) is 0 Å². The van der Waals surface area contributed by atoms with Gasteiger partial charge in [-0.3, -0.25) is 0 Å². The molecule has 0 spiro atoms. The van der Waals surface area contributed by atoms with Crippen molar-refractivity contribution in [1.82, 2.24) is 0 Å². The average molecular weight is 327 g/mol. The zero-order valence-electron chi connectivity index (χ0n) is 15.2. The highest BCUT2D eigenvalue weighted by atomic mass is 14.6. The van der Waals surface area contributed by atoms with Gasteiger partial charge in [-0.2, -0.15) is 0 Å². The lowest BCUT2D eigenvalue weighted by Gasteiger charge is -2.03. The molecule has 0 heterocycles. The third-order valence-electron chi connectivity index (χ3n) is 4.10. The first kappa shape index (κ1) is 20.2. The Morgan fingerprint density at radius 2 is 1.21 bits per heavy atom. The molecule has 2 aromatic rings. The fourth-order valence-corrected chi connectivity index (χ4v) is 2.66. The number of hydrogen-bond donors (Lipinski definition) is 2. The van der Waals surface area contributed by atoms with E-state index in [0.717, 1.165) is 17.8 Å². The van der Waals surface area contributed by atoms with Crippen LogP contribution in [0.15, 0.2) is 54.6 Å². The topological polar surface area (TPSA) is 52.0 Å². The molecule has 2 nitrogen and oxygen atoms in total. The van der Waals surface area contributed by atoms with E-state index >= 15 is 0 Å². The fourth-order valence-electron chi connectivity index (χ4n) is 2.66. The monoisotopic (exact) mass is 326 g/mol. The summed E-state index contributed by atoms with van der Waals surface area (Å²) in [7, 11) is 0. The third-order valence-corrected chi connectivity index (χ3v) is 4.10. The Labute approximate surface area is 148 Å². The molecule has 0 aromatic heterocycles. The molecular formula is C22H34N2. The van der Waals surface area contributed by atoms with Gasteiger partial charge in [-0.1, -0.05) is 100 Å². The van der Waals surface area contributed by atoms with Crippen LogP contribution in [-0.4, -0.2) is 6.54 Å². The van der Waals surface area contributed by atoms with E-state index in [2.05, 4.69) is 19.1 Å². The number of para-hydroxylation sites is 1. The lowest BCUT2D eigenvalue weighted by molar-refractivity contribution is 0.578. The summed E-state index contributed by atoms with van der Waals surface area (Å²) >= 11 is 0. The van der Waals surface area contributed by atoms with Crippen molar-refractivity contribution >= 4 is 5.69 Å². The van der Waals surface area contributed by atoms with Crippen molar-refractivity contribution in [3.63, 3.8) is 0 Å². The lowest BCUT2D eigenvalue weighted by atomic mass is 10.0. The molecule has 24 heavy (non-hydrogen) atoms. The van der Waals surface area contributed by atoms with E-state index in [9.17, 15) is 0 Å². The second kappa shape index (κ2) is 13.6. The number of benzene rings is 2. The summed E-state index contributed by atoms with van der Waals surface area (Å²) in [5, 5.41) is 0. The molecular weight excluding hydrogens is 292 g/mol. The number of hydrogen-bond acceptors (Lipinski definition) is 2. The molecule has 0 aliphatic heterocycles. The summed E-state index contributed by atoms with van der Waals surface area (Å²) in [6.07, 6.45) is 11.0. The van der Waals surface area contributed by atoms with Gasteiger partial charge < -0.3 is 11.5 Å². The van der Waals surface area contributed by atoms with Crippen molar-refractivity contribution in [3.05, 3.63) is 54.6 Å². The molecule has 4 N–H and O–H groups in total. The van der Waals surface area contributed by atoms with Crippen LogP contribution in [0.1, 0.15) is 58.3 Å². The first-order chi connectivity index (χ1) is 11.8. The van der Waals surface area contributed by atoms with Gasteiger partial charge >= 0.3 is 0 Å². The van der Waals surface area contributed by atoms with Crippen LogP contribution in [0.3, 0.4) is 0 Å². The Morgan fingerprint density at radius 3 is 1.79 bits per heavy atom. The highest BCUT2D eigenvalue weighted by Gasteiger charge is 1.98. The highest BCUT2D eigenvalue weighted by molar-refractivity contribution is 5.75. The second-order valence-electron chi connectivity index (χ2n) is 6.22. The number of rotatable bonds is 9. The standard InChI is InChI=1S/C12H11N.C10H23N/c13-12-9-5-4-8-11(12)10-6-2-1-3-7-10;1-2-3-4-5-6-7-8-9-10-11/h1-9H,13H2;2-11H2,1H3. The van der Waals surface area contributed by atoms with Gasteiger partial charge in [0.25, 0.3) is 0 Å². The van der Waals surface area contributed by atoms with Gasteiger partial charge in [-0.05, 0) is 24.6 Å². The SMILES string of the molecule is CCCCCCCCCCN.Nc1ccccc1-c1ccccc1. The molecule has 0 aliphatic rings. The molecule has 2 aromatic carbocycles. The lowest BCUT2D eigenvalue weighted by Crippen LogP contribution is -1.97. The maximum absolute atomic E-state index is 5.85. The maximum atomic E-state index is 5.85. The first-order valence-corrected chi connectivity index (χ1v) is 9.39. The van der Waals surface area contributed by atoms with Crippen LogP contribution < -0.4 is 11.5 Å². The van der Waals surface area contributed by atoms with Crippen LogP contribution in [0.25, 0.3) is 11.1 Å². The van der Waals surface area contributed by atoms with Crippen LogP contribution in [0.5, 0.6) is 0 Å². The fraction of sp³-hybridized carbons (Fsp3) is 0.455. The molecule has 0 saturated heterocycles. The smallest absolute Gasteiger partial charge is 0.0393 e. The summed E-state index contributed by atoms with van der Waals surface area (Å²) in [4.78, 5) is 0. The molecule has 0 aliphatic carbocycles. The van der Waals surface area contributed by atoms with E-state index in [1.54, 1.807) is 0 Å². The van der Waals surface area contributed by atoms with Gasteiger partial charge in [0.2, 0.25) is 0 Å². The third kappa shape index (κ3) is 8.73. The molecule has 2 rings (SSSR count). The number of nitrogen functional groups attached to an aromatic ring is 1. The van der Waals surface area contributed by atoms with Crippen molar-refractivity contribution < 1.29 is 0 Å². The zero-order chi connectivity index (χ0) is 17.5. The van der Waals surface area contributed by atoms with E-state index in [4.69, 9.17) is 11.5 Å². The largest absolute Gasteiger partial charge is 0.398 e. The van der Waals surface area contributed by atoms with Crippen molar-refractivity contribution in [2.45, 2.75) is 58.3 Å². The average Bonchev–Trinajstić information content (AvgIpc) is 2.63. The molecule has 2 heteroatoms. The Kier molecular flexibility index (Phi) is 11.5. The molecule has 132 valence electrons.